The van der Waals surface area contributed by atoms with Gasteiger partial charge in [-0.05, 0) is 12.8 Å². The van der Waals surface area contributed by atoms with E-state index in [0.717, 1.165) is 31.1 Å². The summed E-state index contributed by atoms with van der Waals surface area (Å²) in [6, 6.07) is 0.482. The Kier molecular flexibility index (Phi) is 5.58. The number of aromatic nitrogens is 2. The van der Waals surface area contributed by atoms with Gasteiger partial charge in [0, 0.05) is 25.7 Å². The van der Waals surface area contributed by atoms with E-state index in [-0.39, 0.29) is 0 Å². The van der Waals surface area contributed by atoms with E-state index in [2.05, 4.69) is 34.0 Å². The van der Waals surface area contributed by atoms with Crippen molar-refractivity contribution in [1.82, 2.24) is 15.3 Å². The molecule has 0 bridgehead atoms. The zero-order chi connectivity index (χ0) is 13.5. The molecule has 1 aliphatic heterocycles. The Balaban J connectivity index is 1.92. The first-order valence-electron chi connectivity index (χ1n) is 7.55. The molecule has 106 valence electrons. The molecule has 0 aliphatic carbocycles. The molecular weight excluding hydrogens is 236 g/mol. The molecule has 4 nitrogen and oxygen atoms in total. The minimum atomic E-state index is 0.482. The van der Waals surface area contributed by atoms with Gasteiger partial charge in [-0.2, -0.15) is 0 Å². The third kappa shape index (κ3) is 4.78. The SMILES string of the molecule is CC(C)NCc1cnc(N2CCCCCCC2)cn1. The lowest BCUT2D eigenvalue weighted by molar-refractivity contribution is 0.552. The van der Waals surface area contributed by atoms with Crippen LogP contribution < -0.4 is 10.2 Å². The average molecular weight is 262 g/mol. The molecule has 2 rings (SSSR count). The van der Waals surface area contributed by atoms with Gasteiger partial charge in [0.15, 0.2) is 0 Å². The van der Waals surface area contributed by atoms with Crippen LogP contribution in [-0.2, 0) is 6.54 Å². The molecular formula is C15H26N4. The van der Waals surface area contributed by atoms with Crippen molar-refractivity contribution in [3.8, 4) is 0 Å². The summed E-state index contributed by atoms with van der Waals surface area (Å²) in [6.07, 6.45) is 10.5. The van der Waals surface area contributed by atoms with Crippen molar-refractivity contribution in [2.75, 3.05) is 18.0 Å². The summed E-state index contributed by atoms with van der Waals surface area (Å²) in [5.74, 6) is 1.04. The van der Waals surface area contributed by atoms with Crippen molar-refractivity contribution in [2.45, 2.75) is 58.5 Å². The molecule has 1 aromatic heterocycles. The van der Waals surface area contributed by atoms with Gasteiger partial charge in [-0.15, -0.1) is 0 Å². The fraction of sp³-hybridized carbons (Fsp3) is 0.733. The molecule has 1 saturated heterocycles. The van der Waals surface area contributed by atoms with E-state index in [0.29, 0.717) is 6.04 Å². The molecule has 0 unspecified atom stereocenters. The van der Waals surface area contributed by atoms with Gasteiger partial charge in [-0.25, -0.2) is 4.98 Å². The summed E-state index contributed by atoms with van der Waals surface area (Å²) >= 11 is 0. The predicted octanol–water partition coefficient (Wildman–Crippen LogP) is 2.75. The maximum Gasteiger partial charge on any atom is 0.147 e. The first kappa shape index (κ1) is 14.3. The van der Waals surface area contributed by atoms with E-state index < -0.39 is 0 Å². The van der Waals surface area contributed by atoms with Crippen molar-refractivity contribution in [3.05, 3.63) is 18.1 Å². The molecule has 0 atom stereocenters. The van der Waals surface area contributed by atoms with Crippen LogP contribution in [0.3, 0.4) is 0 Å². The van der Waals surface area contributed by atoms with Crippen LogP contribution in [0.2, 0.25) is 0 Å². The van der Waals surface area contributed by atoms with Crippen molar-refractivity contribution in [3.63, 3.8) is 0 Å². The van der Waals surface area contributed by atoms with Gasteiger partial charge in [-0.3, -0.25) is 4.98 Å². The van der Waals surface area contributed by atoms with Gasteiger partial charge in [-0.1, -0.05) is 33.1 Å². The van der Waals surface area contributed by atoms with E-state index in [9.17, 15) is 0 Å². The maximum absolute atomic E-state index is 4.58. The summed E-state index contributed by atoms with van der Waals surface area (Å²) in [5, 5.41) is 3.36. The Bertz CT molecular complexity index is 353. The smallest absolute Gasteiger partial charge is 0.147 e. The molecule has 0 aromatic carbocycles. The highest BCUT2D eigenvalue weighted by atomic mass is 15.2. The number of hydrogen-bond acceptors (Lipinski definition) is 4. The van der Waals surface area contributed by atoms with Crippen LogP contribution in [0.25, 0.3) is 0 Å². The number of anilines is 1. The van der Waals surface area contributed by atoms with E-state index in [1.807, 2.05) is 12.4 Å². The largest absolute Gasteiger partial charge is 0.355 e. The van der Waals surface area contributed by atoms with Crippen LogP contribution in [0.5, 0.6) is 0 Å². The normalized spacial score (nSPS) is 17.3. The number of nitrogens with zero attached hydrogens (tertiary/aromatic N) is 3. The molecule has 1 N–H and O–H groups in total. The Morgan fingerprint density at radius 1 is 1.05 bits per heavy atom. The lowest BCUT2D eigenvalue weighted by Gasteiger charge is -2.25. The monoisotopic (exact) mass is 262 g/mol. The van der Waals surface area contributed by atoms with Crippen molar-refractivity contribution in [1.29, 1.82) is 0 Å². The zero-order valence-corrected chi connectivity index (χ0v) is 12.2. The van der Waals surface area contributed by atoms with Crippen LogP contribution in [-0.4, -0.2) is 29.1 Å². The quantitative estimate of drug-likeness (QED) is 0.906. The van der Waals surface area contributed by atoms with Crippen LogP contribution in [0.1, 0.15) is 51.6 Å². The minimum Gasteiger partial charge on any atom is -0.355 e. The summed E-state index contributed by atoms with van der Waals surface area (Å²) in [6.45, 7) is 7.32. The third-order valence-electron chi connectivity index (χ3n) is 3.56. The first-order chi connectivity index (χ1) is 9.25. The molecule has 1 aromatic rings. The van der Waals surface area contributed by atoms with Crippen LogP contribution in [0, 0.1) is 0 Å². The highest BCUT2D eigenvalue weighted by molar-refractivity contribution is 5.35. The second kappa shape index (κ2) is 7.43. The molecule has 4 heteroatoms. The standard InChI is InChI=1S/C15H26N4/c1-13(2)16-10-14-11-18-15(12-17-14)19-8-6-4-3-5-7-9-19/h11-13,16H,3-10H2,1-2H3. The zero-order valence-electron chi connectivity index (χ0n) is 12.2. The fourth-order valence-corrected chi connectivity index (χ4v) is 2.39. The van der Waals surface area contributed by atoms with Crippen molar-refractivity contribution >= 4 is 5.82 Å². The van der Waals surface area contributed by atoms with Crippen LogP contribution in [0.4, 0.5) is 5.82 Å². The molecule has 19 heavy (non-hydrogen) atoms. The van der Waals surface area contributed by atoms with Crippen molar-refractivity contribution in [2.24, 2.45) is 0 Å². The lowest BCUT2D eigenvalue weighted by atomic mass is 10.1. The average Bonchev–Trinajstić information content (AvgIpc) is 2.37. The van der Waals surface area contributed by atoms with E-state index in [1.165, 1.54) is 32.1 Å². The van der Waals surface area contributed by atoms with Gasteiger partial charge < -0.3 is 10.2 Å². The second-order valence-electron chi connectivity index (χ2n) is 5.66. The van der Waals surface area contributed by atoms with Gasteiger partial charge in [0.25, 0.3) is 0 Å². The Hall–Kier alpha value is -1.16. The highest BCUT2D eigenvalue weighted by Gasteiger charge is 2.10. The number of hydrogen-bond donors (Lipinski definition) is 1. The summed E-state index contributed by atoms with van der Waals surface area (Å²) in [4.78, 5) is 11.5. The predicted molar refractivity (Wildman–Crippen MR) is 79.3 cm³/mol. The summed E-state index contributed by atoms with van der Waals surface area (Å²) < 4.78 is 0. The van der Waals surface area contributed by atoms with Gasteiger partial charge >= 0.3 is 0 Å². The Morgan fingerprint density at radius 2 is 1.74 bits per heavy atom. The van der Waals surface area contributed by atoms with Gasteiger partial charge in [0.2, 0.25) is 0 Å². The lowest BCUT2D eigenvalue weighted by Crippen LogP contribution is -2.28. The number of nitrogens with one attached hydrogen (secondary N) is 1. The highest BCUT2D eigenvalue weighted by Crippen LogP contribution is 2.16. The van der Waals surface area contributed by atoms with Crippen molar-refractivity contribution < 1.29 is 0 Å². The first-order valence-corrected chi connectivity index (χ1v) is 7.55. The third-order valence-corrected chi connectivity index (χ3v) is 3.56. The Labute approximate surface area is 116 Å². The summed E-state index contributed by atoms with van der Waals surface area (Å²) in [5.41, 5.74) is 1.02. The molecule has 2 heterocycles. The molecule has 0 radical (unpaired) electrons. The van der Waals surface area contributed by atoms with E-state index >= 15 is 0 Å². The van der Waals surface area contributed by atoms with Gasteiger partial charge in [0.1, 0.15) is 5.82 Å². The molecule has 0 spiro atoms. The fourth-order valence-electron chi connectivity index (χ4n) is 2.39. The van der Waals surface area contributed by atoms with E-state index in [1.54, 1.807) is 0 Å². The molecule has 1 fully saturated rings. The van der Waals surface area contributed by atoms with E-state index in [4.69, 9.17) is 0 Å². The topological polar surface area (TPSA) is 41.1 Å². The number of rotatable bonds is 4. The van der Waals surface area contributed by atoms with Gasteiger partial charge in [0.05, 0.1) is 18.1 Å². The molecule has 1 aliphatic rings. The van der Waals surface area contributed by atoms with Crippen LogP contribution >= 0.6 is 0 Å². The summed E-state index contributed by atoms with van der Waals surface area (Å²) in [7, 11) is 0. The molecule has 0 saturated carbocycles. The Morgan fingerprint density at radius 3 is 2.32 bits per heavy atom. The molecule has 0 amide bonds. The second-order valence-corrected chi connectivity index (χ2v) is 5.66. The minimum absolute atomic E-state index is 0.482. The van der Waals surface area contributed by atoms with Crippen LogP contribution in [0.15, 0.2) is 12.4 Å². The maximum atomic E-state index is 4.58.